The lowest BCUT2D eigenvalue weighted by atomic mass is 9.89. The molecular weight excluding hydrogens is 771 g/mol. The highest BCUT2D eigenvalue weighted by molar-refractivity contribution is 6.05. The minimum absolute atomic E-state index is 0.0587. The minimum atomic E-state index is -1.01. The number of fused-ring (bicyclic) bond motifs is 9. The number of ether oxygens (including phenoxy) is 1. The molecule has 1 aliphatic carbocycles. The number of aromatic nitrogens is 5. The number of nitrogens with one attached hydrogen (secondary N) is 2. The van der Waals surface area contributed by atoms with E-state index in [2.05, 4.69) is 48.3 Å². The maximum absolute atomic E-state index is 15.2. The molecule has 14 nitrogen and oxygen atoms in total. The first-order chi connectivity index (χ1) is 29.0. The second-order valence-electron chi connectivity index (χ2n) is 17.3. The predicted octanol–water partition coefficient (Wildman–Crippen LogP) is 5.26. The lowest BCUT2D eigenvalue weighted by molar-refractivity contribution is -0.134. The molecule has 312 valence electrons. The first-order valence-corrected chi connectivity index (χ1v) is 21.0. The Kier molecular flexibility index (Phi) is 9.76. The van der Waals surface area contributed by atoms with Crippen LogP contribution in [-0.2, 0) is 23.2 Å². The van der Waals surface area contributed by atoms with Gasteiger partial charge in [-0.15, -0.1) is 0 Å². The number of piperazine rings is 1. The Morgan fingerprint density at radius 2 is 1.63 bits per heavy atom. The van der Waals surface area contributed by atoms with Gasteiger partial charge >= 0.3 is 0 Å². The monoisotopic (exact) mass is 818 g/mol. The number of nitrogens with zero attached hydrogens (tertiary/aromatic N) is 8. The number of halogens is 2. The molecule has 5 aromatic rings. The third-order valence-corrected chi connectivity index (χ3v) is 13.1. The SMILES string of the molecule is Cc1cc2cc(n1)-c1cnn(C)c1OC[C@H]1CC[C@H](C1)Cn1c(nc3ccc(N4CCN(CC5CN(c6cc(F)c([C@H]7CCC(=O)NC7=O)c(F)c6)C5)CC4)cc31)NC2=O. The van der Waals surface area contributed by atoms with Crippen molar-refractivity contribution in [3.8, 4) is 17.1 Å². The van der Waals surface area contributed by atoms with Gasteiger partial charge in [0.25, 0.3) is 5.91 Å². The van der Waals surface area contributed by atoms with E-state index in [0.29, 0.717) is 71.9 Å². The van der Waals surface area contributed by atoms with E-state index in [4.69, 9.17) is 14.7 Å². The van der Waals surface area contributed by atoms with Crippen molar-refractivity contribution in [2.45, 2.75) is 51.5 Å². The second kappa shape index (κ2) is 15.3. The largest absolute Gasteiger partial charge is 0.477 e. The summed E-state index contributed by atoms with van der Waals surface area (Å²) >= 11 is 0. The quantitative estimate of drug-likeness (QED) is 0.226. The Morgan fingerprint density at radius 1 is 0.850 bits per heavy atom. The van der Waals surface area contributed by atoms with Crippen molar-refractivity contribution in [3.63, 3.8) is 0 Å². The first-order valence-electron chi connectivity index (χ1n) is 21.0. The number of amides is 3. The molecule has 0 radical (unpaired) electrons. The molecule has 5 aliphatic rings. The van der Waals surface area contributed by atoms with Crippen molar-refractivity contribution in [3.05, 3.63) is 77.1 Å². The number of anilines is 3. The molecule has 3 atom stereocenters. The van der Waals surface area contributed by atoms with Gasteiger partial charge in [0.1, 0.15) is 11.6 Å². The summed E-state index contributed by atoms with van der Waals surface area (Å²) in [4.78, 5) is 54.3. The third kappa shape index (κ3) is 7.24. The highest BCUT2D eigenvalue weighted by atomic mass is 19.1. The van der Waals surface area contributed by atoms with Crippen LogP contribution in [0.1, 0.15) is 59.6 Å². The maximum atomic E-state index is 15.2. The van der Waals surface area contributed by atoms with E-state index in [-0.39, 0.29) is 24.3 Å². The summed E-state index contributed by atoms with van der Waals surface area (Å²) in [5, 5.41) is 9.80. The molecule has 10 rings (SSSR count). The highest BCUT2D eigenvalue weighted by Gasteiger charge is 2.35. The molecular formula is C44H48F2N10O4. The number of aryl methyl sites for hydroxylation is 2. The van der Waals surface area contributed by atoms with Crippen LogP contribution in [0.25, 0.3) is 22.3 Å². The van der Waals surface area contributed by atoms with E-state index in [0.717, 1.165) is 80.8 Å². The molecule has 3 aromatic heterocycles. The van der Waals surface area contributed by atoms with Crippen LogP contribution in [0, 0.1) is 36.3 Å². The molecule has 0 unspecified atom stereocenters. The molecule has 1 saturated carbocycles. The van der Waals surface area contributed by atoms with Crippen molar-refractivity contribution in [2.75, 3.05) is 67.5 Å². The number of benzene rings is 2. The molecule has 3 saturated heterocycles. The number of carbonyl (C=O) groups is 3. The Hall–Kier alpha value is -5.90. The number of piperidine rings is 1. The van der Waals surface area contributed by atoms with E-state index in [1.807, 2.05) is 18.9 Å². The van der Waals surface area contributed by atoms with Crippen molar-refractivity contribution < 1.29 is 27.9 Å². The summed E-state index contributed by atoms with van der Waals surface area (Å²) in [6, 6.07) is 12.6. The van der Waals surface area contributed by atoms with Crippen LogP contribution in [0.15, 0.2) is 48.7 Å². The molecule has 2 N–H and O–H groups in total. The van der Waals surface area contributed by atoms with Gasteiger partial charge in [0, 0.05) is 99.9 Å². The fraction of sp³-hybridized carbons (Fsp3) is 0.455. The standard InChI is InChI=1S/C44H48F2N10O4/c1-25-13-29-15-37(48-25)33-19-47-52(2)43(33)60-24-27-4-3-26(14-27)23-56-38-18-30(5-7-36(38)49-44(56)51-41(29)58)54-11-9-53(10-12-54)20-28-21-55(22-28)31-16-34(45)40(35(46)17-31)32-6-8-39(57)50-42(32)59/h5,7,13,15-19,26-28,32H,3-4,6,8-12,14,20-24H2,1-2H3,(H,49,51,58)(H,50,57,59)/t26-,27+,32-/m1/s1. The number of imide groups is 1. The molecule has 60 heavy (non-hydrogen) atoms. The van der Waals surface area contributed by atoms with Crippen LogP contribution >= 0.6 is 0 Å². The summed E-state index contributed by atoms with van der Waals surface area (Å²) in [6.07, 6.45) is 5.03. The Balaban J connectivity index is 0.812. The van der Waals surface area contributed by atoms with Crippen LogP contribution in [0.3, 0.4) is 0 Å². The number of hydrogen-bond acceptors (Lipinski definition) is 10. The fourth-order valence-corrected chi connectivity index (χ4v) is 9.93. The van der Waals surface area contributed by atoms with Crippen LogP contribution < -0.4 is 25.2 Å². The van der Waals surface area contributed by atoms with Crippen LogP contribution in [0.2, 0.25) is 0 Å². The van der Waals surface area contributed by atoms with Crippen LogP contribution in [-0.4, -0.2) is 99.4 Å². The Bertz CT molecular complexity index is 2500. The molecule has 3 amide bonds. The molecule has 4 bridgehead atoms. The van der Waals surface area contributed by atoms with Gasteiger partial charge in [0.2, 0.25) is 23.6 Å². The van der Waals surface area contributed by atoms with E-state index in [9.17, 15) is 14.4 Å². The minimum Gasteiger partial charge on any atom is -0.477 e. The molecule has 2 aromatic carbocycles. The fourth-order valence-electron chi connectivity index (χ4n) is 9.93. The number of carbonyl (C=O) groups excluding carboxylic acids is 3. The maximum Gasteiger partial charge on any atom is 0.258 e. The molecule has 7 heterocycles. The third-order valence-electron chi connectivity index (χ3n) is 13.1. The van der Waals surface area contributed by atoms with Gasteiger partial charge in [0.05, 0.1) is 41.0 Å². The zero-order chi connectivity index (χ0) is 41.2. The number of rotatable bonds is 5. The number of imidazole rings is 1. The van der Waals surface area contributed by atoms with E-state index in [1.165, 1.54) is 12.1 Å². The van der Waals surface area contributed by atoms with E-state index >= 15 is 8.78 Å². The molecule has 4 fully saturated rings. The van der Waals surface area contributed by atoms with Crippen molar-refractivity contribution in [1.29, 1.82) is 0 Å². The second-order valence-corrected chi connectivity index (χ2v) is 17.3. The van der Waals surface area contributed by atoms with E-state index in [1.54, 1.807) is 23.0 Å². The number of pyridine rings is 1. The van der Waals surface area contributed by atoms with Gasteiger partial charge in [0.15, 0.2) is 0 Å². The van der Waals surface area contributed by atoms with Gasteiger partial charge in [-0.2, -0.15) is 5.10 Å². The highest BCUT2D eigenvalue weighted by Crippen LogP contribution is 2.38. The number of hydrogen-bond donors (Lipinski definition) is 2. The summed E-state index contributed by atoms with van der Waals surface area (Å²) in [5.41, 5.74) is 5.74. The summed E-state index contributed by atoms with van der Waals surface area (Å²) < 4.78 is 40.7. The average Bonchev–Trinajstić information content (AvgIpc) is 3.91. The summed E-state index contributed by atoms with van der Waals surface area (Å²) in [6.45, 7) is 8.96. The lowest BCUT2D eigenvalue weighted by Crippen LogP contribution is -2.55. The smallest absolute Gasteiger partial charge is 0.258 e. The average molecular weight is 819 g/mol. The van der Waals surface area contributed by atoms with Crippen molar-refractivity contribution in [2.24, 2.45) is 24.8 Å². The predicted molar refractivity (Wildman–Crippen MR) is 221 cm³/mol. The van der Waals surface area contributed by atoms with Gasteiger partial charge in [-0.05, 0) is 86.9 Å². The van der Waals surface area contributed by atoms with Gasteiger partial charge in [-0.1, -0.05) is 0 Å². The van der Waals surface area contributed by atoms with Crippen molar-refractivity contribution in [1.82, 2.24) is 34.5 Å². The Labute approximate surface area is 345 Å². The molecule has 0 spiro atoms. The summed E-state index contributed by atoms with van der Waals surface area (Å²) in [5.74, 6) is -1.48. The Morgan fingerprint density at radius 3 is 2.42 bits per heavy atom. The van der Waals surface area contributed by atoms with Crippen LogP contribution in [0.5, 0.6) is 5.88 Å². The normalized spacial score (nSPS) is 22.7. The first kappa shape index (κ1) is 38.3. The van der Waals surface area contributed by atoms with Crippen molar-refractivity contribution >= 4 is 46.1 Å². The summed E-state index contributed by atoms with van der Waals surface area (Å²) in [7, 11) is 1.86. The topological polar surface area (TPSA) is 143 Å². The van der Waals surface area contributed by atoms with Gasteiger partial charge in [-0.3, -0.25) is 34.9 Å². The molecule has 16 heteroatoms. The zero-order valence-electron chi connectivity index (χ0n) is 33.8. The van der Waals surface area contributed by atoms with Crippen LogP contribution in [0.4, 0.5) is 26.1 Å². The molecule has 4 aliphatic heterocycles. The van der Waals surface area contributed by atoms with E-state index < -0.39 is 29.4 Å². The van der Waals surface area contributed by atoms with Gasteiger partial charge < -0.3 is 19.1 Å². The van der Waals surface area contributed by atoms with Gasteiger partial charge in [-0.25, -0.2) is 18.4 Å². The zero-order valence-corrected chi connectivity index (χ0v) is 33.8. The lowest BCUT2D eigenvalue weighted by Gasteiger charge is -2.45.